The Morgan fingerprint density at radius 3 is 2.82 bits per heavy atom. The lowest BCUT2D eigenvalue weighted by molar-refractivity contribution is 0.0955. The van der Waals surface area contributed by atoms with Gasteiger partial charge in [-0.25, -0.2) is 4.39 Å². The molecular formula is C13H12FNO2. The monoisotopic (exact) mass is 233 g/mol. The highest BCUT2D eigenvalue weighted by Gasteiger charge is 2.09. The minimum Gasteiger partial charge on any atom is -0.507 e. The van der Waals surface area contributed by atoms with E-state index in [1.807, 2.05) is 6.92 Å². The number of halogens is 1. The summed E-state index contributed by atoms with van der Waals surface area (Å²) in [6.45, 7) is 2.33. The van der Waals surface area contributed by atoms with Gasteiger partial charge in [-0.05, 0) is 36.6 Å². The molecule has 4 heteroatoms. The fourth-order valence-corrected chi connectivity index (χ4v) is 1.70. The molecule has 1 amide bonds. The molecule has 17 heavy (non-hydrogen) atoms. The third-order valence-electron chi connectivity index (χ3n) is 2.49. The minimum atomic E-state index is -0.418. The zero-order chi connectivity index (χ0) is 12.4. The van der Waals surface area contributed by atoms with Crippen LogP contribution in [0, 0.1) is 5.82 Å². The van der Waals surface area contributed by atoms with Crippen LogP contribution in [0.4, 0.5) is 4.39 Å². The van der Waals surface area contributed by atoms with Gasteiger partial charge < -0.3 is 10.4 Å². The number of aromatic hydroxyl groups is 1. The maximum Gasteiger partial charge on any atom is 0.251 e. The highest BCUT2D eigenvalue weighted by molar-refractivity contribution is 6.00. The highest BCUT2D eigenvalue weighted by Crippen LogP contribution is 2.27. The highest BCUT2D eigenvalue weighted by atomic mass is 19.1. The van der Waals surface area contributed by atoms with E-state index < -0.39 is 5.82 Å². The minimum absolute atomic E-state index is 0.0942. The van der Waals surface area contributed by atoms with E-state index in [2.05, 4.69) is 5.32 Å². The van der Waals surface area contributed by atoms with Crippen molar-refractivity contribution < 1.29 is 14.3 Å². The van der Waals surface area contributed by atoms with Crippen LogP contribution in [0.15, 0.2) is 30.3 Å². The van der Waals surface area contributed by atoms with E-state index in [-0.39, 0.29) is 11.7 Å². The van der Waals surface area contributed by atoms with Gasteiger partial charge in [-0.1, -0.05) is 6.07 Å². The van der Waals surface area contributed by atoms with Crippen molar-refractivity contribution in [2.75, 3.05) is 6.54 Å². The topological polar surface area (TPSA) is 49.3 Å². The summed E-state index contributed by atoms with van der Waals surface area (Å²) < 4.78 is 13.0. The van der Waals surface area contributed by atoms with Crippen LogP contribution in [-0.2, 0) is 0 Å². The molecule has 0 aliphatic heterocycles. The molecule has 0 aliphatic carbocycles. The number of carbonyl (C=O) groups excluding carboxylic acids is 1. The van der Waals surface area contributed by atoms with Crippen molar-refractivity contribution >= 4 is 16.7 Å². The smallest absolute Gasteiger partial charge is 0.251 e. The number of carbonyl (C=O) groups is 1. The molecule has 2 rings (SSSR count). The average molecular weight is 233 g/mol. The Kier molecular flexibility index (Phi) is 2.95. The Bertz CT molecular complexity index is 581. The van der Waals surface area contributed by atoms with E-state index in [0.29, 0.717) is 22.9 Å². The van der Waals surface area contributed by atoms with Gasteiger partial charge in [0.1, 0.15) is 11.6 Å². The summed E-state index contributed by atoms with van der Waals surface area (Å²) in [7, 11) is 0. The van der Waals surface area contributed by atoms with Crippen LogP contribution in [0.1, 0.15) is 17.3 Å². The van der Waals surface area contributed by atoms with E-state index in [4.69, 9.17) is 0 Å². The van der Waals surface area contributed by atoms with Crippen molar-refractivity contribution in [3.63, 3.8) is 0 Å². The predicted molar refractivity (Wildman–Crippen MR) is 63.6 cm³/mol. The summed E-state index contributed by atoms with van der Waals surface area (Å²) in [4.78, 5) is 11.6. The second-order valence-electron chi connectivity index (χ2n) is 3.72. The van der Waals surface area contributed by atoms with E-state index >= 15 is 0 Å². The molecule has 0 heterocycles. The Morgan fingerprint density at radius 2 is 2.12 bits per heavy atom. The van der Waals surface area contributed by atoms with Gasteiger partial charge in [-0.15, -0.1) is 0 Å². The number of amides is 1. The number of hydrogen-bond donors (Lipinski definition) is 2. The molecule has 0 aromatic heterocycles. The second-order valence-corrected chi connectivity index (χ2v) is 3.72. The van der Waals surface area contributed by atoms with Crippen molar-refractivity contribution in [3.8, 4) is 5.75 Å². The largest absolute Gasteiger partial charge is 0.507 e. The molecule has 0 spiro atoms. The van der Waals surface area contributed by atoms with E-state index in [0.717, 1.165) is 0 Å². The molecule has 0 fully saturated rings. The first-order valence-corrected chi connectivity index (χ1v) is 5.32. The first-order chi connectivity index (χ1) is 8.11. The third-order valence-corrected chi connectivity index (χ3v) is 2.49. The van der Waals surface area contributed by atoms with Crippen LogP contribution < -0.4 is 5.32 Å². The predicted octanol–water partition coefficient (Wildman–Crippen LogP) is 2.43. The summed E-state index contributed by atoms with van der Waals surface area (Å²) in [5, 5.41) is 13.4. The normalized spacial score (nSPS) is 10.5. The molecule has 0 saturated heterocycles. The van der Waals surface area contributed by atoms with Gasteiger partial charge in [0.05, 0.1) is 0 Å². The maximum absolute atomic E-state index is 13.0. The summed E-state index contributed by atoms with van der Waals surface area (Å²) >= 11 is 0. The average Bonchev–Trinajstić information content (AvgIpc) is 2.30. The Balaban J connectivity index is 2.56. The number of rotatable bonds is 2. The van der Waals surface area contributed by atoms with Gasteiger partial charge in [0, 0.05) is 17.5 Å². The van der Waals surface area contributed by atoms with Gasteiger partial charge in [-0.2, -0.15) is 0 Å². The van der Waals surface area contributed by atoms with Crippen molar-refractivity contribution in [2.24, 2.45) is 0 Å². The van der Waals surface area contributed by atoms with Crippen molar-refractivity contribution in [1.82, 2.24) is 5.32 Å². The molecule has 0 saturated carbocycles. The number of nitrogens with one attached hydrogen (secondary N) is 1. The van der Waals surface area contributed by atoms with Gasteiger partial charge in [-0.3, -0.25) is 4.79 Å². The number of fused-ring (bicyclic) bond motifs is 1. The summed E-state index contributed by atoms with van der Waals surface area (Å²) in [5.74, 6) is -0.768. The molecule has 0 aliphatic rings. The van der Waals surface area contributed by atoms with Gasteiger partial charge in [0.25, 0.3) is 5.91 Å². The molecule has 2 N–H and O–H groups in total. The number of hydrogen-bond acceptors (Lipinski definition) is 2. The standard InChI is InChI=1S/C13H12FNO2/c1-2-15-13(17)9-5-8-3-4-10(14)7-11(8)12(16)6-9/h3-7,16H,2H2,1H3,(H,15,17). The van der Waals surface area contributed by atoms with Crippen LogP contribution >= 0.6 is 0 Å². The zero-order valence-electron chi connectivity index (χ0n) is 9.33. The SMILES string of the molecule is CCNC(=O)c1cc(O)c2cc(F)ccc2c1. The lowest BCUT2D eigenvalue weighted by atomic mass is 10.1. The molecule has 0 radical (unpaired) electrons. The van der Waals surface area contributed by atoms with Crippen LogP contribution in [-0.4, -0.2) is 17.6 Å². The quantitative estimate of drug-likeness (QED) is 0.837. The summed E-state index contributed by atoms with van der Waals surface area (Å²) in [5.41, 5.74) is 0.364. The van der Waals surface area contributed by atoms with E-state index in [9.17, 15) is 14.3 Å². The fourth-order valence-electron chi connectivity index (χ4n) is 1.70. The molecular weight excluding hydrogens is 221 g/mol. The molecule has 3 nitrogen and oxygen atoms in total. The molecule has 0 bridgehead atoms. The van der Waals surface area contributed by atoms with Crippen LogP contribution in [0.2, 0.25) is 0 Å². The maximum atomic E-state index is 13.0. The Labute approximate surface area is 97.9 Å². The second kappa shape index (κ2) is 4.41. The Hall–Kier alpha value is -2.10. The summed E-state index contributed by atoms with van der Waals surface area (Å²) in [6.07, 6.45) is 0. The first kappa shape index (κ1) is 11.4. The van der Waals surface area contributed by atoms with E-state index in [1.54, 1.807) is 6.07 Å². The molecule has 88 valence electrons. The number of benzene rings is 2. The number of phenols is 1. The van der Waals surface area contributed by atoms with Crippen LogP contribution in [0.3, 0.4) is 0 Å². The fraction of sp³-hybridized carbons (Fsp3) is 0.154. The van der Waals surface area contributed by atoms with Crippen LogP contribution in [0.5, 0.6) is 5.75 Å². The number of phenolic OH excluding ortho intramolecular Hbond substituents is 1. The van der Waals surface area contributed by atoms with E-state index in [1.165, 1.54) is 24.3 Å². The first-order valence-electron chi connectivity index (χ1n) is 5.32. The van der Waals surface area contributed by atoms with Crippen LogP contribution in [0.25, 0.3) is 10.8 Å². The zero-order valence-corrected chi connectivity index (χ0v) is 9.33. The third kappa shape index (κ3) is 2.20. The van der Waals surface area contributed by atoms with Gasteiger partial charge in [0.15, 0.2) is 0 Å². The Morgan fingerprint density at radius 1 is 1.35 bits per heavy atom. The van der Waals surface area contributed by atoms with Crippen molar-refractivity contribution in [2.45, 2.75) is 6.92 Å². The van der Waals surface area contributed by atoms with Crippen molar-refractivity contribution in [1.29, 1.82) is 0 Å². The van der Waals surface area contributed by atoms with Gasteiger partial charge in [0.2, 0.25) is 0 Å². The lowest BCUT2D eigenvalue weighted by Crippen LogP contribution is -2.22. The molecule has 2 aromatic rings. The molecule has 0 atom stereocenters. The summed E-state index contributed by atoms with van der Waals surface area (Å²) in [6, 6.07) is 7.04. The molecule has 0 unspecified atom stereocenters. The van der Waals surface area contributed by atoms with Gasteiger partial charge >= 0.3 is 0 Å². The lowest BCUT2D eigenvalue weighted by Gasteiger charge is -2.06. The van der Waals surface area contributed by atoms with Crippen molar-refractivity contribution in [3.05, 3.63) is 41.7 Å². The molecule has 2 aromatic carbocycles.